The molecule has 0 unspecified atom stereocenters. The van der Waals surface area contributed by atoms with Crippen molar-refractivity contribution in [2.75, 3.05) is 40.1 Å². The molecule has 0 saturated carbocycles. The maximum absolute atomic E-state index is 12.2. The van der Waals surface area contributed by atoms with Crippen LogP contribution in [0.5, 0.6) is 11.5 Å². The van der Waals surface area contributed by atoms with Gasteiger partial charge in [-0.1, -0.05) is 24.3 Å². The molecule has 1 aliphatic heterocycles. The molecule has 3 rings (SSSR count). The van der Waals surface area contributed by atoms with E-state index in [-0.39, 0.29) is 5.91 Å². The van der Waals surface area contributed by atoms with Gasteiger partial charge in [-0.3, -0.25) is 9.69 Å². The van der Waals surface area contributed by atoms with Crippen LogP contribution in [0.2, 0.25) is 0 Å². The van der Waals surface area contributed by atoms with Crippen LogP contribution >= 0.6 is 11.8 Å². The summed E-state index contributed by atoms with van der Waals surface area (Å²) < 4.78 is 10.5. The number of thioether (sulfide) groups is 1. The normalized spacial score (nSPS) is 15.2. The third kappa shape index (κ3) is 6.77. The lowest BCUT2D eigenvalue weighted by atomic mass is 9.96. The average Bonchev–Trinajstić information content (AvgIpc) is 2.82. The Morgan fingerprint density at radius 2 is 1.87 bits per heavy atom. The van der Waals surface area contributed by atoms with Gasteiger partial charge in [-0.05, 0) is 73.5 Å². The van der Waals surface area contributed by atoms with Gasteiger partial charge in [0.15, 0.2) is 11.5 Å². The SMILES string of the molecule is COc1ccc(/C=C/C(=O)NCC2CCN(Cc3ccccc3SC)CC2)cc1OC. The zero-order valence-corrected chi connectivity index (χ0v) is 19.4. The number of piperidine rings is 1. The van der Waals surface area contributed by atoms with Gasteiger partial charge in [-0.15, -0.1) is 11.8 Å². The molecule has 1 heterocycles. The molecule has 1 amide bonds. The van der Waals surface area contributed by atoms with E-state index in [1.54, 1.807) is 26.4 Å². The number of hydrogen-bond donors (Lipinski definition) is 1. The Labute approximate surface area is 189 Å². The van der Waals surface area contributed by atoms with Gasteiger partial charge in [0.25, 0.3) is 0 Å². The predicted molar refractivity (Wildman–Crippen MR) is 128 cm³/mol. The van der Waals surface area contributed by atoms with E-state index in [9.17, 15) is 4.79 Å². The number of ether oxygens (including phenoxy) is 2. The van der Waals surface area contributed by atoms with Crippen molar-refractivity contribution in [3.8, 4) is 11.5 Å². The van der Waals surface area contributed by atoms with E-state index < -0.39 is 0 Å². The van der Waals surface area contributed by atoms with E-state index in [0.717, 1.165) is 44.6 Å². The van der Waals surface area contributed by atoms with E-state index in [4.69, 9.17) is 9.47 Å². The van der Waals surface area contributed by atoms with Crippen molar-refractivity contribution in [2.45, 2.75) is 24.3 Å². The Bertz CT molecular complexity index is 892. The van der Waals surface area contributed by atoms with Crippen LogP contribution in [0.3, 0.4) is 0 Å². The van der Waals surface area contributed by atoms with E-state index in [1.165, 1.54) is 10.5 Å². The fraction of sp³-hybridized carbons (Fsp3) is 0.400. The van der Waals surface area contributed by atoms with Crippen LogP contribution in [0, 0.1) is 5.92 Å². The summed E-state index contributed by atoms with van der Waals surface area (Å²) >= 11 is 1.81. The number of nitrogens with zero attached hydrogens (tertiary/aromatic N) is 1. The van der Waals surface area contributed by atoms with Gasteiger partial charge in [0, 0.05) is 24.1 Å². The monoisotopic (exact) mass is 440 g/mol. The fourth-order valence-corrected chi connectivity index (χ4v) is 4.46. The molecule has 31 heavy (non-hydrogen) atoms. The number of nitrogens with one attached hydrogen (secondary N) is 1. The highest BCUT2D eigenvalue weighted by Crippen LogP contribution is 2.28. The van der Waals surface area contributed by atoms with Crippen LogP contribution in [0.15, 0.2) is 53.4 Å². The lowest BCUT2D eigenvalue weighted by Crippen LogP contribution is -2.38. The van der Waals surface area contributed by atoms with Crippen molar-refractivity contribution in [1.29, 1.82) is 0 Å². The number of likely N-dealkylation sites (tertiary alicyclic amines) is 1. The van der Waals surface area contributed by atoms with Crippen LogP contribution in [0.4, 0.5) is 0 Å². The van der Waals surface area contributed by atoms with Crippen molar-refractivity contribution < 1.29 is 14.3 Å². The topological polar surface area (TPSA) is 50.8 Å². The lowest BCUT2D eigenvalue weighted by Gasteiger charge is -2.32. The number of methoxy groups -OCH3 is 2. The van der Waals surface area contributed by atoms with Crippen molar-refractivity contribution in [2.24, 2.45) is 5.92 Å². The van der Waals surface area contributed by atoms with Gasteiger partial charge in [-0.2, -0.15) is 0 Å². The van der Waals surface area contributed by atoms with Crippen LogP contribution < -0.4 is 14.8 Å². The number of benzene rings is 2. The molecule has 1 N–H and O–H groups in total. The summed E-state index contributed by atoms with van der Waals surface area (Å²) in [6.45, 7) is 3.88. The molecular formula is C25H32N2O3S. The third-order valence-corrected chi connectivity index (χ3v) is 6.53. The second kappa shape index (κ2) is 11.8. The molecule has 2 aromatic carbocycles. The molecule has 0 atom stereocenters. The van der Waals surface area contributed by atoms with Gasteiger partial charge in [0.2, 0.25) is 5.91 Å². The third-order valence-electron chi connectivity index (χ3n) is 5.69. The highest BCUT2D eigenvalue weighted by Gasteiger charge is 2.20. The summed E-state index contributed by atoms with van der Waals surface area (Å²) in [6, 6.07) is 14.2. The Hall–Kier alpha value is -2.44. The minimum Gasteiger partial charge on any atom is -0.493 e. The van der Waals surface area contributed by atoms with Crippen molar-refractivity contribution in [1.82, 2.24) is 10.2 Å². The first-order chi connectivity index (χ1) is 15.1. The molecule has 1 saturated heterocycles. The van der Waals surface area contributed by atoms with Gasteiger partial charge in [0.05, 0.1) is 14.2 Å². The van der Waals surface area contributed by atoms with Gasteiger partial charge in [0.1, 0.15) is 0 Å². The van der Waals surface area contributed by atoms with Crippen molar-refractivity contribution in [3.63, 3.8) is 0 Å². The number of carbonyl (C=O) groups excluding carboxylic acids is 1. The van der Waals surface area contributed by atoms with Crippen LogP contribution in [-0.4, -0.2) is 50.9 Å². The summed E-state index contributed by atoms with van der Waals surface area (Å²) in [5, 5.41) is 3.05. The summed E-state index contributed by atoms with van der Waals surface area (Å²) in [5.41, 5.74) is 2.30. The summed E-state index contributed by atoms with van der Waals surface area (Å²) in [5.74, 6) is 1.79. The molecule has 0 bridgehead atoms. The smallest absolute Gasteiger partial charge is 0.244 e. The van der Waals surface area contributed by atoms with Gasteiger partial charge >= 0.3 is 0 Å². The maximum Gasteiger partial charge on any atom is 0.244 e. The first kappa shape index (κ1) is 23.2. The summed E-state index contributed by atoms with van der Waals surface area (Å²) in [4.78, 5) is 16.1. The highest BCUT2D eigenvalue weighted by atomic mass is 32.2. The molecule has 166 valence electrons. The zero-order chi connectivity index (χ0) is 22.1. The second-order valence-electron chi connectivity index (χ2n) is 7.72. The molecule has 0 spiro atoms. The van der Waals surface area contributed by atoms with Crippen molar-refractivity contribution >= 4 is 23.7 Å². The molecule has 0 aromatic heterocycles. The second-order valence-corrected chi connectivity index (χ2v) is 8.57. The Morgan fingerprint density at radius 1 is 1.13 bits per heavy atom. The minimum atomic E-state index is -0.0638. The maximum atomic E-state index is 12.2. The largest absolute Gasteiger partial charge is 0.493 e. The Morgan fingerprint density at radius 3 is 2.58 bits per heavy atom. The van der Waals surface area contributed by atoms with E-state index >= 15 is 0 Å². The number of carbonyl (C=O) groups is 1. The molecule has 1 aliphatic rings. The number of amides is 1. The molecule has 0 aliphatic carbocycles. The number of rotatable bonds is 9. The first-order valence-corrected chi connectivity index (χ1v) is 11.9. The van der Waals surface area contributed by atoms with Gasteiger partial charge in [-0.25, -0.2) is 0 Å². The fourth-order valence-electron chi connectivity index (χ4n) is 3.86. The molecule has 6 heteroatoms. The van der Waals surface area contributed by atoms with E-state index in [0.29, 0.717) is 17.4 Å². The van der Waals surface area contributed by atoms with Crippen LogP contribution in [-0.2, 0) is 11.3 Å². The van der Waals surface area contributed by atoms with Crippen LogP contribution in [0.25, 0.3) is 6.08 Å². The van der Waals surface area contributed by atoms with E-state index in [1.807, 2.05) is 30.0 Å². The van der Waals surface area contributed by atoms with E-state index in [2.05, 4.69) is 40.7 Å². The minimum absolute atomic E-state index is 0.0638. The number of hydrogen-bond acceptors (Lipinski definition) is 5. The predicted octanol–water partition coefficient (Wildman–Crippen LogP) is 4.47. The zero-order valence-electron chi connectivity index (χ0n) is 18.6. The molecule has 0 radical (unpaired) electrons. The highest BCUT2D eigenvalue weighted by molar-refractivity contribution is 7.98. The summed E-state index contributed by atoms with van der Waals surface area (Å²) in [7, 11) is 3.21. The molecular weight excluding hydrogens is 408 g/mol. The average molecular weight is 441 g/mol. The molecule has 1 fully saturated rings. The Kier molecular flexibility index (Phi) is 8.85. The quantitative estimate of drug-likeness (QED) is 0.461. The first-order valence-electron chi connectivity index (χ1n) is 10.6. The van der Waals surface area contributed by atoms with Crippen LogP contribution in [0.1, 0.15) is 24.0 Å². The summed E-state index contributed by atoms with van der Waals surface area (Å²) in [6.07, 6.45) is 7.73. The molecule has 2 aromatic rings. The van der Waals surface area contributed by atoms with Crippen molar-refractivity contribution in [3.05, 3.63) is 59.7 Å². The molecule has 5 nitrogen and oxygen atoms in total. The van der Waals surface area contributed by atoms with Gasteiger partial charge < -0.3 is 14.8 Å². The lowest BCUT2D eigenvalue weighted by molar-refractivity contribution is -0.116. The Balaban J connectivity index is 1.42. The standard InChI is InChI=1S/C25H32N2O3S/c1-29-22-10-8-19(16-23(22)30-2)9-11-25(28)26-17-20-12-14-27(15-13-20)18-21-6-4-5-7-24(21)31-3/h4-11,16,20H,12-15,17-18H2,1-3H3,(H,26,28)/b11-9+.